The predicted molar refractivity (Wildman–Crippen MR) is 86.7 cm³/mol. The Morgan fingerprint density at radius 2 is 1.95 bits per heavy atom. The number of benzene rings is 2. The average molecular weight is 354 g/mol. The summed E-state index contributed by atoms with van der Waals surface area (Å²) < 4.78 is 14.2. The molecule has 0 aromatic heterocycles. The Morgan fingerprint density at radius 3 is 2.65 bits per heavy atom. The van der Waals surface area contributed by atoms with Crippen LogP contribution in [-0.4, -0.2) is 6.54 Å². The molecule has 0 unspecified atom stereocenters. The van der Waals surface area contributed by atoms with Gasteiger partial charge in [0.15, 0.2) is 0 Å². The van der Waals surface area contributed by atoms with Crippen molar-refractivity contribution in [3.63, 3.8) is 0 Å². The van der Waals surface area contributed by atoms with Crippen LogP contribution in [0.15, 0.2) is 56.7 Å². The Bertz CT molecular complexity index is 574. The van der Waals surface area contributed by atoms with Crippen molar-refractivity contribution < 1.29 is 4.39 Å². The lowest BCUT2D eigenvalue weighted by Gasteiger charge is -2.08. The molecule has 0 bridgehead atoms. The zero-order valence-electron chi connectivity index (χ0n) is 11.3. The van der Waals surface area contributed by atoms with Gasteiger partial charge in [-0.3, -0.25) is 0 Å². The smallest absolute Gasteiger partial charge is 0.124 e. The van der Waals surface area contributed by atoms with Crippen LogP contribution in [0.5, 0.6) is 0 Å². The van der Waals surface area contributed by atoms with Crippen molar-refractivity contribution in [2.75, 3.05) is 6.54 Å². The first kappa shape index (κ1) is 15.5. The van der Waals surface area contributed by atoms with E-state index in [0.29, 0.717) is 0 Å². The number of halogens is 2. The zero-order chi connectivity index (χ0) is 14.4. The molecule has 2 aromatic carbocycles. The molecule has 4 heteroatoms. The summed E-state index contributed by atoms with van der Waals surface area (Å²) in [6, 6.07) is 12.9. The highest BCUT2D eigenvalue weighted by atomic mass is 79.9. The van der Waals surface area contributed by atoms with Crippen molar-refractivity contribution >= 4 is 27.7 Å². The van der Waals surface area contributed by atoms with Gasteiger partial charge in [0.25, 0.3) is 0 Å². The Labute approximate surface area is 132 Å². The zero-order valence-corrected chi connectivity index (χ0v) is 13.7. The van der Waals surface area contributed by atoms with Crippen LogP contribution in [0.2, 0.25) is 0 Å². The summed E-state index contributed by atoms with van der Waals surface area (Å²) in [5.41, 5.74) is 1.24. The summed E-state index contributed by atoms with van der Waals surface area (Å²) in [5, 5.41) is 3.38. The molecule has 1 N–H and O–H groups in total. The van der Waals surface area contributed by atoms with E-state index in [1.807, 2.05) is 6.07 Å². The average Bonchev–Trinajstić information content (AvgIpc) is 2.41. The number of rotatable bonds is 6. The van der Waals surface area contributed by atoms with Gasteiger partial charge in [0.2, 0.25) is 0 Å². The van der Waals surface area contributed by atoms with Gasteiger partial charge in [-0.2, -0.15) is 0 Å². The Hall–Kier alpha value is -0.840. The topological polar surface area (TPSA) is 12.0 Å². The van der Waals surface area contributed by atoms with E-state index >= 15 is 0 Å². The van der Waals surface area contributed by atoms with E-state index in [1.165, 1.54) is 11.6 Å². The molecule has 0 fully saturated rings. The van der Waals surface area contributed by atoms with E-state index in [1.54, 1.807) is 23.9 Å². The maximum atomic E-state index is 13.2. The third kappa shape index (κ3) is 4.62. The van der Waals surface area contributed by atoms with E-state index in [4.69, 9.17) is 0 Å². The van der Waals surface area contributed by atoms with E-state index in [9.17, 15) is 4.39 Å². The molecule has 0 aliphatic heterocycles. The summed E-state index contributed by atoms with van der Waals surface area (Å²) >= 11 is 5.16. The standard InChI is InChI=1S/C16H17BrFNS/c1-2-8-19-11-12-6-7-15(10-16(12)17)20-14-5-3-4-13(18)9-14/h3-7,9-10,19H,2,8,11H2,1H3. The van der Waals surface area contributed by atoms with Gasteiger partial charge in [-0.25, -0.2) is 4.39 Å². The Morgan fingerprint density at radius 1 is 1.15 bits per heavy atom. The fourth-order valence-corrected chi connectivity index (χ4v) is 3.37. The van der Waals surface area contributed by atoms with Gasteiger partial charge < -0.3 is 5.32 Å². The molecule has 0 spiro atoms. The van der Waals surface area contributed by atoms with E-state index < -0.39 is 0 Å². The van der Waals surface area contributed by atoms with Gasteiger partial charge in [-0.1, -0.05) is 46.7 Å². The van der Waals surface area contributed by atoms with Crippen LogP contribution in [0.1, 0.15) is 18.9 Å². The van der Waals surface area contributed by atoms with Crippen molar-refractivity contribution in [3.8, 4) is 0 Å². The second-order valence-electron chi connectivity index (χ2n) is 4.49. The van der Waals surface area contributed by atoms with Crippen LogP contribution in [0, 0.1) is 5.82 Å². The van der Waals surface area contributed by atoms with Crippen LogP contribution in [0.25, 0.3) is 0 Å². The highest BCUT2D eigenvalue weighted by Crippen LogP contribution is 2.31. The maximum absolute atomic E-state index is 13.2. The highest BCUT2D eigenvalue weighted by Gasteiger charge is 2.04. The summed E-state index contributed by atoms with van der Waals surface area (Å²) in [6.45, 7) is 4.03. The van der Waals surface area contributed by atoms with Gasteiger partial charge >= 0.3 is 0 Å². The van der Waals surface area contributed by atoms with Gasteiger partial charge in [0.1, 0.15) is 5.82 Å². The molecule has 0 aliphatic rings. The van der Waals surface area contributed by atoms with E-state index in [-0.39, 0.29) is 5.82 Å². The predicted octanol–water partition coefficient (Wildman–Crippen LogP) is 5.24. The first-order chi connectivity index (χ1) is 9.69. The molecule has 0 aliphatic carbocycles. The Balaban J connectivity index is 2.05. The van der Waals surface area contributed by atoms with Gasteiger partial charge in [-0.15, -0.1) is 0 Å². The molecule has 0 saturated carbocycles. The number of nitrogens with one attached hydrogen (secondary N) is 1. The molecule has 2 aromatic rings. The normalized spacial score (nSPS) is 10.8. The number of hydrogen-bond acceptors (Lipinski definition) is 2. The second-order valence-corrected chi connectivity index (χ2v) is 6.49. The second kappa shape index (κ2) is 7.81. The Kier molecular flexibility index (Phi) is 6.07. The SMILES string of the molecule is CCCNCc1ccc(Sc2cccc(F)c2)cc1Br. The lowest BCUT2D eigenvalue weighted by atomic mass is 10.2. The molecular formula is C16H17BrFNS. The monoisotopic (exact) mass is 353 g/mol. The minimum absolute atomic E-state index is 0.200. The van der Waals surface area contributed by atoms with Crippen LogP contribution >= 0.6 is 27.7 Å². The summed E-state index contributed by atoms with van der Waals surface area (Å²) in [4.78, 5) is 2.01. The third-order valence-electron chi connectivity index (χ3n) is 2.80. The molecule has 0 saturated heterocycles. The molecule has 106 valence electrons. The lowest BCUT2D eigenvalue weighted by Crippen LogP contribution is -2.14. The molecule has 20 heavy (non-hydrogen) atoms. The fraction of sp³-hybridized carbons (Fsp3) is 0.250. The summed E-state index contributed by atoms with van der Waals surface area (Å²) in [7, 11) is 0. The third-order valence-corrected chi connectivity index (χ3v) is 4.52. The lowest BCUT2D eigenvalue weighted by molar-refractivity contribution is 0.624. The van der Waals surface area contributed by atoms with E-state index in [0.717, 1.165) is 33.8 Å². The van der Waals surface area contributed by atoms with Crippen molar-refractivity contribution in [1.82, 2.24) is 5.32 Å². The molecule has 1 nitrogen and oxygen atoms in total. The molecule has 0 amide bonds. The van der Waals surface area contributed by atoms with Gasteiger partial charge in [-0.05, 0) is 48.9 Å². The van der Waals surface area contributed by atoms with Gasteiger partial charge in [0.05, 0.1) is 0 Å². The van der Waals surface area contributed by atoms with Crippen molar-refractivity contribution in [2.24, 2.45) is 0 Å². The molecule has 0 heterocycles. The van der Waals surface area contributed by atoms with Gasteiger partial charge in [0, 0.05) is 20.8 Å². The first-order valence-corrected chi connectivity index (χ1v) is 8.22. The maximum Gasteiger partial charge on any atom is 0.124 e. The minimum atomic E-state index is -0.200. The van der Waals surface area contributed by atoms with Crippen LogP contribution in [-0.2, 0) is 6.54 Å². The van der Waals surface area contributed by atoms with Crippen LogP contribution in [0.3, 0.4) is 0 Å². The number of hydrogen-bond donors (Lipinski definition) is 1. The van der Waals surface area contributed by atoms with Crippen LogP contribution in [0.4, 0.5) is 4.39 Å². The van der Waals surface area contributed by atoms with Crippen LogP contribution < -0.4 is 5.32 Å². The fourth-order valence-electron chi connectivity index (χ4n) is 1.80. The first-order valence-electron chi connectivity index (χ1n) is 6.61. The molecule has 2 rings (SSSR count). The highest BCUT2D eigenvalue weighted by molar-refractivity contribution is 9.10. The van der Waals surface area contributed by atoms with Crippen molar-refractivity contribution in [2.45, 2.75) is 29.7 Å². The van der Waals surface area contributed by atoms with Crippen molar-refractivity contribution in [1.29, 1.82) is 0 Å². The quantitative estimate of drug-likeness (QED) is 0.712. The minimum Gasteiger partial charge on any atom is -0.313 e. The summed E-state index contributed by atoms with van der Waals surface area (Å²) in [5.74, 6) is -0.200. The molecule has 0 atom stereocenters. The van der Waals surface area contributed by atoms with Crippen molar-refractivity contribution in [3.05, 3.63) is 58.3 Å². The summed E-state index contributed by atoms with van der Waals surface area (Å²) in [6.07, 6.45) is 1.13. The molecule has 0 radical (unpaired) electrons. The largest absolute Gasteiger partial charge is 0.313 e. The molecular weight excluding hydrogens is 337 g/mol. The van der Waals surface area contributed by atoms with E-state index in [2.05, 4.69) is 46.4 Å².